The zero-order valence-corrected chi connectivity index (χ0v) is 18.3. The summed E-state index contributed by atoms with van der Waals surface area (Å²) in [5, 5.41) is 9.77. The van der Waals surface area contributed by atoms with Crippen LogP contribution in [0.25, 0.3) is 0 Å². The van der Waals surface area contributed by atoms with Crippen molar-refractivity contribution >= 4 is 29.2 Å². The van der Waals surface area contributed by atoms with Crippen LogP contribution in [0.5, 0.6) is 0 Å². The van der Waals surface area contributed by atoms with E-state index in [1.54, 1.807) is 20.8 Å². The van der Waals surface area contributed by atoms with Crippen molar-refractivity contribution in [2.75, 3.05) is 18.8 Å². The minimum atomic E-state index is -0.591. The number of anilines is 1. The molecule has 2 aromatic rings. The first kappa shape index (κ1) is 22.0. The summed E-state index contributed by atoms with van der Waals surface area (Å²) >= 11 is 6.22. The zero-order chi connectivity index (χ0) is 21.8. The number of hydrogen-bond acceptors (Lipinski definition) is 6. The summed E-state index contributed by atoms with van der Waals surface area (Å²) in [5.41, 5.74) is 7.84. The maximum atomic E-state index is 12.7. The lowest BCUT2D eigenvalue weighted by Crippen LogP contribution is -2.49. The van der Waals surface area contributed by atoms with Gasteiger partial charge in [0.2, 0.25) is 5.91 Å². The molecule has 0 radical (unpaired) electrons. The Balaban J connectivity index is 1.47. The fraction of sp³-hybridized carbons (Fsp3) is 0.550. The largest absolute Gasteiger partial charge is 0.383 e. The molecule has 0 spiro atoms. The molecule has 3 heterocycles. The third-order valence-electron chi connectivity index (χ3n) is 5.62. The van der Waals surface area contributed by atoms with E-state index in [4.69, 9.17) is 17.3 Å². The number of aromatic nitrogens is 4. The standard InChI is InChI=1S/C20H28ClN7O2/c1-11-16(10-23-27-11)19(29)24-12(2)20(30)28-8-6-14(7-9-28)4-5-15-17(21)25-13(3)26-18(15)22/h10,12,14H,4-9H2,1-3H3,(H,23,27)(H,24,29)(H2,22,25,26). The number of carbonyl (C=O) groups is 2. The molecular formula is C20H28ClN7O2. The van der Waals surface area contributed by atoms with Gasteiger partial charge in [-0.1, -0.05) is 11.6 Å². The molecule has 0 aliphatic carbocycles. The van der Waals surface area contributed by atoms with Gasteiger partial charge in [0.1, 0.15) is 22.8 Å². The molecule has 9 nitrogen and oxygen atoms in total. The predicted octanol–water partition coefficient (Wildman–Crippen LogP) is 2.04. The second-order valence-electron chi connectivity index (χ2n) is 7.81. The molecule has 30 heavy (non-hydrogen) atoms. The number of piperidine rings is 1. The van der Waals surface area contributed by atoms with E-state index in [1.807, 2.05) is 4.90 Å². The molecule has 0 aromatic carbocycles. The van der Waals surface area contributed by atoms with Crippen LogP contribution in [0.3, 0.4) is 0 Å². The molecule has 1 saturated heterocycles. The number of aromatic amines is 1. The van der Waals surface area contributed by atoms with E-state index in [0.29, 0.717) is 47.1 Å². The molecule has 0 bridgehead atoms. The van der Waals surface area contributed by atoms with Crippen LogP contribution in [0.1, 0.15) is 53.6 Å². The lowest BCUT2D eigenvalue weighted by molar-refractivity contribution is -0.134. The van der Waals surface area contributed by atoms with E-state index in [-0.39, 0.29) is 11.8 Å². The van der Waals surface area contributed by atoms with Gasteiger partial charge in [-0.3, -0.25) is 14.7 Å². The summed E-state index contributed by atoms with van der Waals surface area (Å²) in [6, 6.07) is -0.591. The Kier molecular flexibility index (Phi) is 6.91. The summed E-state index contributed by atoms with van der Waals surface area (Å²) in [4.78, 5) is 35.2. The molecule has 4 N–H and O–H groups in total. The van der Waals surface area contributed by atoms with Crippen molar-refractivity contribution in [3.8, 4) is 0 Å². The van der Waals surface area contributed by atoms with Crippen LogP contribution in [0.2, 0.25) is 5.15 Å². The van der Waals surface area contributed by atoms with Crippen LogP contribution in [0, 0.1) is 19.8 Å². The van der Waals surface area contributed by atoms with Crippen molar-refractivity contribution < 1.29 is 9.59 Å². The highest BCUT2D eigenvalue weighted by Crippen LogP contribution is 2.26. The Morgan fingerprint density at radius 2 is 2.03 bits per heavy atom. The molecule has 2 aromatic heterocycles. The van der Waals surface area contributed by atoms with Crippen molar-refractivity contribution in [1.82, 2.24) is 30.4 Å². The number of nitrogens with one attached hydrogen (secondary N) is 2. The van der Waals surface area contributed by atoms with Crippen LogP contribution >= 0.6 is 11.6 Å². The van der Waals surface area contributed by atoms with Gasteiger partial charge in [0.25, 0.3) is 5.91 Å². The molecule has 1 atom stereocenters. The van der Waals surface area contributed by atoms with Gasteiger partial charge in [0.15, 0.2) is 0 Å². The number of nitrogens with two attached hydrogens (primary N) is 1. The number of likely N-dealkylation sites (tertiary alicyclic amines) is 1. The molecule has 1 aliphatic heterocycles. The van der Waals surface area contributed by atoms with Gasteiger partial charge in [-0.05, 0) is 52.4 Å². The summed E-state index contributed by atoms with van der Waals surface area (Å²) in [6.45, 7) is 6.55. The molecule has 10 heteroatoms. The normalized spacial score (nSPS) is 15.8. The van der Waals surface area contributed by atoms with Gasteiger partial charge in [0.05, 0.1) is 11.3 Å². The zero-order valence-electron chi connectivity index (χ0n) is 17.5. The average molecular weight is 434 g/mol. The Bertz CT molecular complexity index is 899. The first-order valence-electron chi connectivity index (χ1n) is 10.1. The molecule has 2 amide bonds. The molecule has 1 fully saturated rings. The van der Waals surface area contributed by atoms with Gasteiger partial charge in [-0.2, -0.15) is 5.10 Å². The van der Waals surface area contributed by atoms with E-state index >= 15 is 0 Å². The van der Waals surface area contributed by atoms with E-state index in [1.165, 1.54) is 6.20 Å². The van der Waals surface area contributed by atoms with Crippen molar-refractivity contribution in [3.63, 3.8) is 0 Å². The second kappa shape index (κ2) is 9.42. The smallest absolute Gasteiger partial charge is 0.255 e. The number of nitrogens with zero attached hydrogens (tertiary/aromatic N) is 4. The Morgan fingerprint density at radius 1 is 1.33 bits per heavy atom. The third kappa shape index (κ3) is 5.08. The number of nitrogen functional groups attached to an aromatic ring is 1. The molecule has 3 rings (SSSR count). The maximum Gasteiger partial charge on any atom is 0.255 e. The lowest BCUT2D eigenvalue weighted by Gasteiger charge is -2.33. The third-order valence-corrected chi connectivity index (χ3v) is 5.94. The molecular weight excluding hydrogens is 406 g/mol. The van der Waals surface area contributed by atoms with E-state index in [9.17, 15) is 9.59 Å². The van der Waals surface area contributed by atoms with Gasteiger partial charge in [-0.25, -0.2) is 9.97 Å². The van der Waals surface area contributed by atoms with E-state index in [0.717, 1.165) is 31.2 Å². The van der Waals surface area contributed by atoms with E-state index in [2.05, 4.69) is 25.5 Å². The number of amides is 2. The number of H-pyrrole nitrogens is 1. The highest BCUT2D eigenvalue weighted by molar-refractivity contribution is 6.30. The van der Waals surface area contributed by atoms with E-state index < -0.39 is 6.04 Å². The highest BCUT2D eigenvalue weighted by atomic mass is 35.5. The predicted molar refractivity (Wildman–Crippen MR) is 114 cm³/mol. The Hall–Kier alpha value is -2.68. The summed E-state index contributed by atoms with van der Waals surface area (Å²) in [6.07, 6.45) is 4.98. The monoisotopic (exact) mass is 433 g/mol. The summed E-state index contributed by atoms with van der Waals surface area (Å²) in [5.74, 6) is 1.12. The molecule has 162 valence electrons. The topological polar surface area (TPSA) is 130 Å². The van der Waals surface area contributed by atoms with Crippen LogP contribution in [-0.2, 0) is 11.2 Å². The number of halogens is 1. The fourth-order valence-electron chi connectivity index (χ4n) is 3.80. The SMILES string of the molecule is Cc1nc(N)c(CCC2CCN(C(=O)C(C)NC(=O)c3c[nH]nc3C)CC2)c(Cl)n1. The highest BCUT2D eigenvalue weighted by Gasteiger charge is 2.27. The number of hydrogen-bond donors (Lipinski definition) is 3. The van der Waals surface area contributed by atoms with Gasteiger partial charge in [-0.15, -0.1) is 0 Å². The maximum absolute atomic E-state index is 12.7. The van der Waals surface area contributed by atoms with Crippen molar-refractivity contribution in [2.24, 2.45) is 5.92 Å². The van der Waals surface area contributed by atoms with Crippen molar-refractivity contribution in [2.45, 2.75) is 52.5 Å². The van der Waals surface area contributed by atoms with Gasteiger partial charge in [0, 0.05) is 24.8 Å². The summed E-state index contributed by atoms with van der Waals surface area (Å²) < 4.78 is 0. The first-order chi connectivity index (χ1) is 14.3. The van der Waals surface area contributed by atoms with Crippen LogP contribution in [0.4, 0.5) is 5.82 Å². The fourth-order valence-corrected chi connectivity index (χ4v) is 4.12. The van der Waals surface area contributed by atoms with Gasteiger partial charge >= 0.3 is 0 Å². The first-order valence-corrected chi connectivity index (χ1v) is 10.5. The van der Waals surface area contributed by atoms with Crippen molar-refractivity contribution in [3.05, 3.63) is 34.0 Å². The minimum Gasteiger partial charge on any atom is -0.383 e. The Morgan fingerprint density at radius 3 is 2.63 bits per heavy atom. The average Bonchev–Trinajstić information content (AvgIpc) is 3.13. The minimum absolute atomic E-state index is 0.0674. The van der Waals surface area contributed by atoms with Crippen molar-refractivity contribution in [1.29, 1.82) is 0 Å². The number of aryl methyl sites for hydroxylation is 2. The van der Waals surface area contributed by atoms with Crippen LogP contribution in [-0.4, -0.2) is 56.0 Å². The van der Waals surface area contributed by atoms with Gasteiger partial charge < -0.3 is 16.0 Å². The number of carbonyl (C=O) groups excluding carboxylic acids is 2. The second-order valence-corrected chi connectivity index (χ2v) is 8.17. The lowest BCUT2D eigenvalue weighted by atomic mass is 9.90. The molecule has 0 saturated carbocycles. The quantitative estimate of drug-likeness (QED) is 0.597. The molecule has 1 aliphatic rings. The number of rotatable bonds is 6. The van der Waals surface area contributed by atoms with Crippen LogP contribution in [0.15, 0.2) is 6.20 Å². The Labute approximate surface area is 180 Å². The van der Waals surface area contributed by atoms with Crippen LogP contribution < -0.4 is 11.1 Å². The summed E-state index contributed by atoms with van der Waals surface area (Å²) in [7, 11) is 0. The molecule has 1 unspecified atom stereocenters.